The Morgan fingerprint density at radius 2 is 2.15 bits per heavy atom. The van der Waals surface area contributed by atoms with Crippen LogP contribution < -0.4 is 5.73 Å². The van der Waals surface area contributed by atoms with Gasteiger partial charge >= 0.3 is 0 Å². The van der Waals surface area contributed by atoms with Crippen LogP contribution >= 0.6 is 11.8 Å². The first-order chi connectivity index (χ1) is 6.22. The van der Waals surface area contributed by atoms with Gasteiger partial charge in [-0.25, -0.2) is 0 Å². The molecule has 0 fully saturated rings. The Bertz CT molecular complexity index is 142. The molecule has 0 radical (unpaired) electrons. The summed E-state index contributed by atoms with van der Waals surface area (Å²) in [5.41, 5.74) is 5.34. The Morgan fingerprint density at radius 1 is 1.46 bits per heavy atom. The van der Waals surface area contributed by atoms with Gasteiger partial charge in [0.1, 0.15) is 0 Å². The summed E-state index contributed by atoms with van der Waals surface area (Å²) >= 11 is 1.76. The van der Waals surface area contributed by atoms with E-state index >= 15 is 0 Å². The second-order valence-corrected chi connectivity index (χ2v) is 4.04. The summed E-state index contributed by atoms with van der Waals surface area (Å²) in [5.74, 6) is 1.25. The SMILES string of the molecule is CSCCN(C)C(=O)CCCCN. The van der Waals surface area contributed by atoms with E-state index in [-0.39, 0.29) is 5.91 Å². The van der Waals surface area contributed by atoms with Crippen LogP contribution in [0.5, 0.6) is 0 Å². The highest BCUT2D eigenvalue weighted by molar-refractivity contribution is 7.98. The van der Waals surface area contributed by atoms with Crippen molar-refractivity contribution >= 4 is 17.7 Å². The van der Waals surface area contributed by atoms with Crippen LogP contribution in [-0.4, -0.2) is 43.0 Å². The number of hydrogen-bond acceptors (Lipinski definition) is 3. The summed E-state index contributed by atoms with van der Waals surface area (Å²) in [6.07, 6.45) is 4.55. The van der Waals surface area contributed by atoms with Crippen LogP contribution in [0.25, 0.3) is 0 Å². The normalized spacial score (nSPS) is 10.1. The number of thioether (sulfide) groups is 1. The van der Waals surface area contributed by atoms with Crippen molar-refractivity contribution in [1.29, 1.82) is 0 Å². The van der Waals surface area contributed by atoms with Crippen molar-refractivity contribution in [3.05, 3.63) is 0 Å². The highest BCUT2D eigenvalue weighted by Crippen LogP contribution is 2.00. The lowest BCUT2D eigenvalue weighted by molar-refractivity contribution is -0.129. The van der Waals surface area contributed by atoms with E-state index < -0.39 is 0 Å². The highest BCUT2D eigenvalue weighted by Gasteiger charge is 2.06. The minimum Gasteiger partial charge on any atom is -0.345 e. The minimum absolute atomic E-state index is 0.238. The molecule has 4 heteroatoms. The molecule has 0 bridgehead atoms. The van der Waals surface area contributed by atoms with E-state index in [1.165, 1.54) is 0 Å². The lowest BCUT2D eigenvalue weighted by Gasteiger charge is -2.16. The quantitative estimate of drug-likeness (QED) is 0.628. The first-order valence-electron chi connectivity index (χ1n) is 4.65. The van der Waals surface area contributed by atoms with Gasteiger partial charge in [0.25, 0.3) is 0 Å². The third-order valence-corrected chi connectivity index (χ3v) is 2.49. The van der Waals surface area contributed by atoms with E-state index in [4.69, 9.17) is 5.73 Å². The molecule has 0 atom stereocenters. The Labute approximate surface area is 85.0 Å². The fourth-order valence-corrected chi connectivity index (χ4v) is 1.42. The Morgan fingerprint density at radius 3 is 2.69 bits per heavy atom. The van der Waals surface area contributed by atoms with Crippen molar-refractivity contribution < 1.29 is 4.79 Å². The van der Waals surface area contributed by atoms with Crippen LogP contribution in [0.2, 0.25) is 0 Å². The van der Waals surface area contributed by atoms with Crippen LogP contribution in [-0.2, 0) is 4.79 Å². The standard InChI is InChI=1S/C9H20N2OS/c1-11(7-8-13-2)9(12)5-3-4-6-10/h3-8,10H2,1-2H3. The number of carbonyl (C=O) groups is 1. The molecule has 0 aromatic rings. The number of nitrogens with two attached hydrogens (primary N) is 1. The predicted octanol–water partition coefficient (Wildman–Crippen LogP) is 0.937. The van der Waals surface area contributed by atoms with Gasteiger partial charge in [0.05, 0.1) is 0 Å². The molecule has 78 valence electrons. The van der Waals surface area contributed by atoms with Gasteiger partial charge in [0.15, 0.2) is 0 Å². The Kier molecular flexibility index (Phi) is 8.24. The Balaban J connectivity index is 3.45. The first-order valence-corrected chi connectivity index (χ1v) is 6.04. The van der Waals surface area contributed by atoms with Gasteiger partial charge in [-0.15, -0.1) is 0 Å². The molecule has 0 saturated carbocycles. The summed E-state index contributed by atoms with van der Waals surface area (Å²) < 4.78 is 0. The van der Waals surface area contributed by atoms with Crippen molar-refractivity contribution in [1.82, 2.24) is 4.90 Å². The number of amides is 1. The number of unbranched alkanes of at least 4 members (excludes halogenated alkanes) is 1. The molecular formula is C9H20N2OS. The summed E-state index contributed by atoms with van der Waals surface area (Å²) in [6.45, 7) is 1.53. The van der Waals surface area contributed by atoms with Gasteiger partial charge in [-0.05, 0) is 25.6 Å². The third kappa shape index (κ3) is 6.90. The molecule has 0 heterocycles. The van der Waals surface area contributed by atoms with Crippen LogP contribution in [0.1, 0.15) is 19.3 Å². The Hall–Kier alpha value is -0.220. The first kappa shape index (κ1) is 12.8. The maximum absolute atomic E-state index is 11.4. The molecule has 0 spiro atoms. The van der Waals surface area contributed by atoms with Gasteiger partial charge < -0.3 is 10.6 Å². The number of nitrogens with zero attached hydrogens (tertiary/aromatic N) is 1. The summed E-state index contributed by atoms with van der Waals surface area (Å²) in [4.78, 5) is 13.2. The van der Waals surface area contributed by atoms with Crippen molar-refractivity contribution in [2.24, 2.45) is 5.73 Å². The number of rotatable bonds is 7. The lowest BCUT2D eigenvalue weighted by Crippen LogP contribution is -2.28. The van der Waals surface area contributed by atoms with E-state index in [1.54, 1.807) is 16.7 Å². The van der Waals surface area contributed by atoms with E-state index in [9.17, 15) is 4.79 Å². The van der Waals surface area contributed by atoms with Crippen molar-refractivity contribution in [2.75, 3.05) is 32.1 Å². The van der Waals surface area contributed by atoms with E-state index in [0.717, 1.165) is 25.1 Å². The zero-order valence-electron chi connectivity index (χ0n) is 8.58. The second-order valence-electron chi connectivity index (χ2n) is 3.05. The average molecular weight is 204 g/mol. The maximum Gasteiger partial charge on any atom is 0.222 e. The fourth-order valence-electron chi connectivity index (χ4n) is 0.964. The molecule has 3 nitrogen and oxygen atoms in total. The largest absolute Gasteiger partial charge is 0.345 e. The molecule has 0 aromatic carbocycles. The van der Waals surface area contributed by atoms with Crippen molar-refractivity contribution in [3.8, 4) is 0 Å². The summed E-state index contributed by atoms with van der Waals surface area (Å²) in [7, 11) is 1.86. The molecule has 1 amide bonds. The van der Waals surface area contributed by atoms with Gasteiger partial charge in [-0.1, -0.05) is 0 Å². The van der Waals surface area contributed by atoms with Gasteiger partial charge in [0.2, 0.25) is 5.91 Å². The molecule has 0 aromatic heterocycles. The van der Waals surface area contributed by atoms with E-state index in [2.05, 4.69) is 0 Å². The van der Waals surface area contributed by atoms with Gasteiger partial charge in [-0.3, -0.25) is 4.79 Å². The molecule has 0 saturated heterocycles. The molecule has 0 rings (SSSR count). The molecular weight excluding hydrogens is 184 g/mol. The topological polar surface area (TPSA) is 46.3 Å². The molecule has 0 aliphatic heterocycles. The number of hydrogen-bond donors (Lipinski definition) is 1. The van der Waals surface area contributed by atoms with E-state index in [0.29, 0.717) is 13.0 Å². The monoisotopic (exact) mass is 204 g/mol. The lowest BCUT2D eigenvalue weighted by atomic mass is 10.2. The molecule has 0 aliphatic rings. The van der Waals surface area contributed by atoms with Gasteiger partial charge in [-0.2, -0.15) is 11.8 Å². The van der Waals surface area contributed by atoms with Crippen LogP contribution in [0.4, 0.5) is 0 Å². The van der Waals surface area contributed by atoms with Crippen LogP contribution in [0.3, 0.4) is 0 Å². The summed E-state index contributed by atoms with van der Waals surface area (Å²) in [5, 5.41) is 0. The zero-order chi connectivity index (χ0) is 10.1. The van der Waals surface area contributed by atoms with Crippen LogP contribution in [0, 0.1) is 0 Å². The van der Waals surface area contributed by atoms with Crippen molar-refractivity contribution in [2.45, 2.75) is 19.3 Å². The highest BCUT2D eigenvalue weighted by atomic mass is 32.2. The zero-order valence-corrected chi connectivity index (χ0v) is 9.40. The molecule has 13 heavy (non-hydrogen) atoms. The summed E-state index contributed by atoms with van der Waals surface area (Å²) in [6, 6.07) is 0. The fraction of sp³-hybridized carbons (Fsp3) is 0.889. The van der Waals surface area contributed by atoms with Crippen molar-refractivity contribution in [3.63, 3.8) is 0 Å². The second kappa shape index (κ2) is 8.38. The maximum atomic E-state index is 11.4. The molecule has 0 aliphatic carbocycles. The van der Waals surface area contributed by atoms with Crippen LogP contribution in [0.15, 0.2) is 0 Å². The predicted molar refractivity (Wildman–Crippen MR) is 58.9 cm³/mol. The third-order valence-electron chi connectivity index (χ3n) is 1.90. The number of carbonyl (C=O) groups excluding carboxylic acids is 1. The average Bonchev–Trinajstić information content (AvgIpc) is 2.14. The van der Waals surface area contributed by atoms with E-state index in [1.807, 2.05) is 13.3 Å². The minimum atomic E-state index is 0.238. The van der Waals surface area contributed by atoms with Gasteiger partial charge in [0, 0.05) is 25.8 Å². The molecule has 2 N–H and O–H groups in total. The smallest absolute Gasteiger partial charge is 0.222 e. The molecule has 0 unspecified atom stereocenters.